The molecule has 0 radical (unpaired) electrons. The summed E-state index contributed by atoms with van der Waals surface area (Å²) >= 11 is 3.42. The van der Waals surface area contributed by atoms with Crippen LogP contribution < -0.4 is 0 Å². The molecule has 4 rings (SSSR count). The van der Waals surface area contributed by atoms with Crippen LogP contribution in [0.2, 0.25) is 0 Å². The molecule has 0 saturated carbocycles. The first-order valence-corrected chi connectivity index (χ1v) is 9.09. The molecule has 0 saturated heterocycles. The zero-order valence-corrected chi connectivity index (χ0v) is 15.7. The first-order chi connectivity index (χ1) is 13.2. The van der Waals surface area contributed by atoms with Crippen LogP contribution in [0, 0.1) is 5.82 Å². The molecule has 0 unspecified atom stereocenters. The van der Waals surface area contributed by atoms with E-state index in [1.807, 2.05) is 54.6 Å². The van der Waals surface area contributed by atoms with Crippen molar-refractivity contribution in [1.29, 1.82) is 0 Å². The van der Waals surface area contributed by atoms with Crippen LogP contribution in [0.5, 0.6) is 0 Å². The summed E-state index contributed by atoms with van der Waals surface area (Å²) in [5, 5.41) is 0. The first-order valence-electron chi connectivity index (χ1n) is 8.30. The molecule has 4 aromatic rings. The number of halogens is 2. The molecule has 1 aromatic heterocycles. The van der Waals surface area contributed by atoms with E-state index in [2.05, 4.69) is 25.9 Å². The predicted molar refractivity (Wildman–Crippen MR) is 111 cm³/mol. The molecule has 0 fully saturated rings. The molecule has 5 heteroatoms. The third-order valence-corrected chi connectivity index (χ3v) is 4.44. The molecule has 0 aliphatic carbocycles. The number of hydrogen-bond acceptors (Lipinski definition) is 3. The van der Waals surface area contributed by atoms with E-state index in [0.717, 1.165) is 15.7 Å². The number of aromatic nitrogens is 1. The maximum absolute atomic E-state index is 13.4. The van der Waals surface area contributed by atoms with E-state index in [-0.39, 0.29) is 5.82 Å². The summed E-state index contributed by atoms with van der Waals surface area (Å²) < 4.78 is 20.1. The number of benzene rings is 3. The minimum atomic E-state index is -0.322. The highest BCUT2D eigenvalue weighted by atomic mass is 79.9. The molecule has 0 spiro atoms. The van der Waals surface area contributed by atoms with Crippen molar-refractivity contribution in [2.24, 2.45) is 4.99 Å². The molecular weight excluding hydrogens is 407 g/mol. The lowest BCUT2D eigenvalue weighted by Crippen LogP contribution is -1.78. The number of aliphatic imine (C=N–C) groups is 1. The molecule has 27 heavy (non-hydrogen) atoms. The third-order valence-electron chi connectivity index (χ3n) is 3.91. The van der Waals surface area contributed by atoms with Gasteiger partial charge in [0.05, 0.1) is 5.69 Å². The summed E-state index contributed by atoms with van der Waals surface area (Å²) in [5.74, 6) is 0.0679. The van der Waals surface area contributed by atoms with Gasteiger partial charge in [0.25, 0.3) is 0 Å². The van der Waals surface area contributed by atoms with Crippen molar-refractivity contribution >= 4 is 45.0 Å². The van der Waals surface area contributed by atoms with Gasteiger partial charge in [0.1, 0.15) is 11.3 Å². The summed E-state index contributed by atoms with van der Waals surface area (Å²) in [6.07, 6.45) is 5.60. The van der Waals surface area contributed by atoms with Gasteiger partial charge in [0.15, 0.2) is 5.58 Å². The van der Waals surface area contributed by atoms with E-state index in [9.17, 15) is 4.39 Å². The van der Waals surface area contributed by atoms with Gasteiger partial charge in [-0.15, -0.1) is 0 Å². The highest BCUT2D eigenvalue weighted by Crippen LogP contribution is 2.27. The lowest BCUT2D eigenvalue weighted by Gasteiger charge is -1.93. The van der Waals surface area contributed by atoms with Crippen LogP contribution in [0.25, 0.3) is 28.6 Å². The first kappa shape index (κ1) is 17.4. The van der Waals surface area contributed by atoms with Crippen molar-refractivity contribution in [3.63, 3.8) is 0 Å². The van der Waals surface area contributed by atoms with Gasteiger partial charge in [-0.3, -0.25) is 4.99 Å². The largest absolute Gasteiger partial charge is 0.436 e. The van der Waals surface area contributed by atoms with Crippen LogP contribution in [0.3, 0.4) is 0 Å². The number of hydrogen-bond donors (Lipinski definition) is 0. The topological polar surface area (TPSA) is 38.4 Å². The van der Waals surface area contributed by atoms with Gasteiger partial charge in [-0.1, -0.05) is 40.2 Å². The molecule has 1 heterocycles. The smallest absolute Gasteiger partial charge is 0.227 e. The second-order valence-electron chi connectivity index (χ2n) is 5.87. The van der Waals surface area contributed by atoms with E-state index in [4.69, 9.17) is 4.42 Å². The van der Waals surface area contributed by atoms with E-state index < -0.39 is 0 Å². The zero-order chi connectivity index (χ0) is 18.6. The maximum Gasteiger partial charge on any atom is 0.227 e. The number of allylic oxidation sites excluding steroid dienone is 1. The molecule has 3 nitrogen and oxygen atoms in total. The molecule has 0 N–H and O–H groups in total. The van der Waals surface area contributed by atoms with Crippen molar-refractivity contribution in [3.05, 3.63) is 88.7 Å². The molecule has 0 atom stereocenters. The average molecular weight is 421 g/mol. The molecular formula is C22H14BrFN2O. The number of fused-ring (bicyclic) bond motifs is 1. The lowest BCUT2D eigenvalue weighted by atomic mass is 10.2. The SMILES string of the molecule is Fc1cccc(-c2nc3cc(N=CC=Cc4ccc(Br)cc4)ccc3o2)c1. The summed E-state index contributed by atoms with van der Waals surface area (Å²) in [5.41, 5.74) is 3.78. The molecule has 0 bridgehead atoms. The Balaban J connectivity index is 1.53. The van der Waals surface area contributed by atoms with Gasteiger partial charge in [0, 0.05) is 16.3 Å². The Morgan fingerprint density at radius 2 is 1.85 bits per heavy atom. The van der Waals surface area contributed by atoms with Gasteiger partial charge in [-0.25, -0.2) is 9.37 Å². The highest BCUT2D eigenvalue weighted by Gasteiger charge is 2.09. The monoisotopic (exact) mass is 420 g/mol. The predicted octanol–water partition coefficient (Wildman–Crippen LogP) is 6.81. The molecule has 0 amide bonds. The van der Waals surface area contributed by atoms with Crippen LogP contribution in [0.4, 0.5) is 10.1 Å². The highest BCUT2D eigenvalue weighted by molar-refractivity contribution is 9.10. The van der Waals surface area contributed by atoms with Crippen LogP contribution in [-0.4, -0.2) is 11.2 Å². The summed E-state index contributed by atoms with van der Waals surface area (Å²) in [7, 11) is 0. The van der Waals surface area contributed by atoms with Crippen LogP contribution in [0.15, 0.2) is 86.7 Å². The fourth-order valence-corrected chi connectivity index (χ4v) is 2.86. The number of rotatable bonds is 4. The van der Waals surface area contributed by atoms with Crippen LogP contribution in [-0.2, 0) is 0 Å². The minimum absolute atomic E-state index is 0.322. The van der Waals surface area contributed by atoms with Gasteiger partial charge in [-0.05, 0) is 60.2 Å². The van der Waals surface area contributed by atoms with E-state index >= 15 is 0 Å². The Kier molecular flexibility index (Phi) is 4.94. The standard InChI is InChI=1S/C22H14BrFN2O/c23-17-8-6-15(7-9-17)3-2-12-25-19-10-11-21-20(14-19)26-22(27-21)16-4-1-5-18(24)13-16/h1-14H. The molecule has 0 aliphatic rings. The van der Waals surface area contributed by atoms with E-state index in [1.54, 1.807) is 18.3 Å². The maximum atomic E-state index is 13.4. The van der Waals surface area contributed by atoms with Crippen molar-refractivity contribution < 1.29 is 8.81 Å². The van der Waals surface area contributed by atoms with Gasteiger partial charge in [-0.2, -0.15) is 0 Å². The van der Waals surface area contributed by atoms with Gasteiger partial charge >= 0.3 is 0 Å². The quantitative estimate of drug-likeness (QED) is 0.340. The Labute approximate surface area is 164 Å². The zero-order valence-electron chi connectivity index (χ0n) is 14.1. The summed E-state index contributed by atoms with van der Waals surface area (Å²) in [6, 6.07) is 19.7. The fourth-order valence-electron chi connectivity index (χ4n) is 2.60. The Morgan fingerprint density at radius 3 is 2.67 bits per heavy atom. The Bertz CT molecular complexity index is 1150. The number of nitrogens with zero attached hydrogens (tertiary/aromatic N) is 2. The Hall–Kier alpha value is -3.05. The lowest BCUT2D eigenvalue weighted by molar-refractivity contribution is 0.611. The van der Waals surface area contributed by atoms with E-state index in [1.165, 1.54) is 12.1 Å². The fraction of sp³-hybridized carbons (Fsp3) is 0. The van der Waals surface area contributed by atoms with Crippen molar-refractivity contribution in [3.8, 4) is 11.5 Å². The van der Waals surface area contributed by atoms with Gasteiger partial charge in [0.2, 0.25) is 5.89 Å². The molecule has 132 valence electrons. The summed E-state index contributed by atoms with van der Waals surface area (Å²) in [6.45, 7) is 0. The van der Waals surface area contributed by atoms with Crippen molar-refractivity contribution in [2.75, 3.05) is 0 Å². The van der Waals surface area contributed by atoms with Crippen LogP contribution >= 0.6 is 15.9 Å². The third kappa shape index (κ3) is 4.20. The normalized spacial score (nSPS) is 11.8. The second-order valence-corrected chi connectivity index (χ2v) is 6.79. The minimum Gasteiger partial charge on any atom is -0.436 e. The van der Waals surface area contributed by atoms with Crippen molar-refractivity contribution in [1.82, 2.24) is 4.98 Å². The van der Waals surface area contributed by atoms with Crippen LogP contribution in [0.1, 0.15) is 5.56 Å². The van der Waals surface area contributed by atoms with E-state index in [0.29, 0.717) is 22.6 Å². The Morgan fingerprint density at radius 1 is 1.00 bits per heavy atom. The number of oxazole rings is 1. The van der Waals surface area contributed by atoms with Crippen molar-refractivity contribution in [2.45, 2.75) is 0 Å². The second kappa shape index (κ2) is 7.68. The average Bonchev–Trinajstić information content (AvgIpc) is 3.10. The summed E-state index contributed by atoms with van der Waals surface area (Å²) in [4.78, 5) is 8.86. The molecule has 3 aromatic carbocycles. The van der Waals surface area contributed by atoms with Gasteiger partial charge < -0.3 is 4.42 Å². The molecule has 0 aliphatic heterocycles.